The van der Waals surface area contributed by atoms with Crippen LogP contribution in [0, 0.1) is 5.82 Å². The molecule has 0 amide bonds. The second-order valence-electron chi connectivity index (χ2n) is 5.48. The van der Waals surface area contributed by atoms with Gasteiger partial charge in [0.15, 0.2) is 0 Å². The molecule has 0 saturated heterocycles. The molecule has 0 atom stereocenters. The molecule has 2 aromatic carbocycles. The average Bonchev–Trinajstić information content (AvgIpc) is 2.58. The third-order valence-corrected chi connectivity index (χ3v) is 4.13. The highest BCUT2D eigenvalue weighted by Crippen LogP contribution is 2.22. The van der Waals surface area contributed by atoms with Crippen LogP contribution in [0.4, 0.5) is 4.39 Å². The number of hydrogen-bond acceptors (Lipinski definition) is 4. The maximum Gasteiger partial charge on any atom is 0.339 e. The molecule has 0 aliphatic carbocycles. The first-order valence-corrected chi connectivity index (χ1v) is 8.03. The standard InChI is InChI=1S/C19H14ClFO4/c1-2-11-3-5-14-12(8-18(22)25-17(14)7-11)10-24-19(23)15-6-4-13(21)9-16(15)20/h3-9H,2,10H2,1H3. The molecule has 0 aliphatic heterocycles. The number of esters is 1. The van der Waals surface area contributed by atoms with Crippen LogP contribution in [-0.4, -0.2) is 5.97 Å². The lowest BCUT2D eigenvalue weighted by molar-refractivity contribution is 0.0474. The maximum absolute atomic E-state index is 13.1. The number of aryl methyl sites for hydroxylation is 1. The highest BCUT2D eigenvalue weighted by Gasteiger charge is 2.14. The van der Waals surface area contributed by atoms with Gasteiger partial charge in [-0.25, -0.2) is 14.0 Å². The zero-order chi connectivity index (χ0) is 18.0. The number of benzene rings is 2. The lowest BCUT2D eigenvalue weighted by Crippen LogP contribution is -2.08. The van der Waals surface area contributed by atoms with E-state index < -0.39 is 17.4 Å². The van der Waals surface area contributed by atoms with Gasteiger partial charge in [-0.2, -0.15) is 0 Å². The Morgan fingerprint density at radius 3 is 2.72 bits per heavy atom. The Labute approximate surface area is 147 Å². The van der Waals surface area contributed by atoms with E-state index in [9.17, 15) is 14.0 Å². The van der Waals surface area contributed by atoms with Crippen LogP contribution >= 0.6 is 11.6 Å². The minimum atomic E-state index is -0.698. The molecule has 128 valence electrons. The van der Waals surface area contributed by atoms with Crippen molar-refractivity contribution in [2.75, 3.05) is 0 Å². The van der Waals surface area contributed by atoms with Crippen molar-refractivity contribution in [3.63, 3.8) is 0 Å². The summed E-state index contributed by atoms with van der Waals surface area (Å²) in [6, 6.07) is 10.2. The monoisotopic (exact) mass is 360 g/mol. The molecule has 0 saturated carbocycles. The normalized spacial score (nSPS) is 10.8. The van der Waals surface area contributed by atoms with E-state index in [4.69, 9.17) is 20.8 Å². The molecule has 3 aromatic rings. The van der Waals surface area contributed by atoms with Crippen molar-refractivity contribution in [1.82, 2.24) is 0 Å². The van der Waals surface area contributed by atoms with Crippen molar-refractivity contribution < 1.29 is 18.3 Å². The third kappa shape index (κ3) is 3.72. The highest BCUT2D eigenvalue weighted by atomic mass is 35.5. The Kier molecular flexibility index (Phi) is 4.86. The Morgan fingerprint density at radius 2 is 2.00 bits per heavy atom. The molecule has 0 fully saturated rings. The number of carbonyl (C=O) groups is 1. The van der Waals surface area contributed by atoms with E-state index in [0.29, 0.717) is 16.5 Å². The molecule has 0 aliphatic rings. The smallest absolute Gasteiger partial charge is 0.339 e. The van der Waals surface area contributed by atoms with Crippen LogP contribution in [0.2, 0.25) is 5.02 Å². The van der Waals surface area contributed by atoms with E-state index in [0.717, 1.165) is 24.1 Å². The van der Waals surface area contributed by atoms with Gasteiger partial charge in [0.25, 0.3) is 0 Å². The molecule has 0 spiro atoms. The van der Waals surface area contributed by atoms with Gasteiger partial charge in [0, 0.05) is 17.0 Å². The quantitative estimate of drug-likeness (QED) is 0.507. The van der Waals surface area contributed by atoms with E-state index in [-0.39, 0.29) is 17.2 Å². The molecule has 6 heteroatoms. The maximum atomic E-state index is 13.1. The second kappa shape index (κ2) is 7.07. The Hall–Kier alpha value is -2.66. The van der Waals surface area contributed by atoms with Crippen molar-refractivity contribution in [3.8, 4) is 0 Å². The fourth-order valence-corrected chi connectivity index (χ4v) is 2.73. The number of hydrogen-bond donors (Lipinski definition) is 0. The summed E-state index contributed by atoms with van der Waals surface area (Å²) in [5.41, 5.74) is 1.54. The fraction of sp³-hybridized carbons (Fsp3) is 0.158. The summed E-state index contributed by atoms with van der Waals surface area (Å²) in [6.45, 7) is 1.87. The minimum absolute atomic E-state index is 0.0324. The van der Waals surface area contributed by atoms with Gasteiger partial charge in [-0.3, -0.25) is 0 Å². The highest BCUT2D eigenvalue weighted by molar-refractivity contribution is 6.33. The van der Waals surface area contributed by atoms with Crippen LogP contribution in [0.15, 0.2) is 51.7 Å². The van der Waals surface area contributed by atoms with Gasteiger partial charge in [0.1, 0.15) is 18.0 Å². The largest absolute Gasteiger partial charge is 0.457 e. The van der Waals surface area contributed by atoms with E-state index in [1.54, 1.807) is 6.07 Å². The fourth-order valence-electron chi connectivity index (χ4n) is 2.49. The molecule has 25 heavy (non-hydrogen) atoms. The van der Waals surface area contributed by atoms with Gasteiger partial charge in [-0.1, -0.05) is 30.7 Å². The lowest BCUT2D eigenvalue weighted by Gasteiger charge is -2.09. The van der Waals surface area contributed by atoms with Gasteiger partial charge >= 0.3 is 11.6 Å². The first kappa shape index (κ1) is 17.2. The van der Waals surface area contributed by atoms with Gasteiger partial charge in [-0.15, -0.1) is 0 Å². The molecule has 1 heterocycles. The zero-order valence-electron chi connectivity index (χ0n) is 13.3. The van der Waals surface area contributed by atoms with E-state index in [2.05, 4.69) is 0 Å². The van der Waals surface area contributed by atoms with Crippen LogP contribution in [0.5, 0.6) is 0 Å². The van der Waals surface area contributed by atoms with Crippen LogP contribution in [0.1, 0.15) is 28.4 Å². The van der Waals surface area contributed by atoms with Gasteiger partial charge in [0.2, 0.25) is 0 Å². The van der Waals surface area contributed by atoms with Crippen molar-refractivity contribution in [2.45, 2.75) is 20.0 Å². The van der Waals surface area contributed by atoms with Crippen LogP contribution in [-0.2, 0) is 17.8 Å². The molecule has 0 N–H and O–H groups in total. The first-order chi connectivity index (χ1) is 12.0. The Morgan fingerprint density at radius 1 is 1.20 bits per heavy atom. The van der Waals surface area contributed by atoms with Crippen LogP contribution in [0.3, 0.4) is 0 Å². The average molecular weight is 361 g/mol. The Balaban J connectivity index is 1.88. The lowest BCUT2D eigenvalue weighted by atomic mass is 10.1. The summed E-state index contributed by atoms with van der Waals surface area (Å²) in [6.07, 6.45) is 0.807. The van der Waals surface area contributed by atoms with Gasteiger partial charge in [0.05, 0.1) is 10.6 Å². The summed E-state index contributed by atoms with van der Waals surface area (Å²) in [5.74, 6) is -1.24. The van der Waals surface area contributed by atoms with E-state index in [1.807, 2.05) is 19.1 Å². The number of halogens is 2. The molecule has 1 aromatic heterocycles. The van der Waals surface area contributed by atoms with Crippen LogP contribution in [0.25, 0.3) is 11.0 Å². The molecule has 0 bridgehead atoms. The first-order valence-electron chi connectivity index (χ1n) is 7.65. The minimum Gasteiger partial charge on any atom is -0.457 e. The number of fused-ring (bicyclic) bond motifs is 1. The molecule has 4 nitrogen and oxygen atoms in total. The number of ether oxygens (including phenoxy) is 1. The molecule has 0 unspecified atom stereocenters. The summed E-state index contributed by atoms with van der Waals surface area (Å²) in [4.78, 5) is 23.9. The molecule has 0 radical (unpaired) electrons. The zero-order valence-corrected chi connectivity index (χ0v) is 14.1. The molecular weight excluding hydrogens is 347 g/mol. The second-order valence-corrected chi connectivity index (χ2v) is 5.88. The van der Waals surface area contributed by atoms with Crippen molar-refractivity contribution in [1.29, 1.82) is 0 Å². The van der Waals surface area contributed by atoms with Crippen molar-refractivity contribution >= 4 is 28.5 Å². The van der Waals surface area contributed by atoms with E-state index in [1.165, 1.54) is 12.1 Å². The number of carbonyl (C=O) groups excluding carboxylic acids is 1. The SMILES string of the molecule is CCc1ccc2c(COC(=O)c3ccc(F)cc3Cl)cc(=O)oc2c1. The number of rotatable bonds is 4. The topological polar surface area (TPSA) is 56.5 Å². The summed E-state index contributed by atoms with van der Waals surface area (Å²) in [5, 5.41) is 0.657. The predicted molar refractivity (Wildman–Crippen MR) is 92.4 cm³/mol. The van der Waals surface area contributed by atoms with Crippen molar-refractivity contribution in [2.24, 2.45) is 0 Å². The predicted octanol–water partition coefficient (Wildman–Crippen LogP) is 4.50. The Bertz CT molecular complexity index is 1010. The molecular formula is C19H14ClFO4. The van der Waals surface area contributed by atoms with Gasteiger partial charge in [-0.05, 0) is 36.2 Å². The van der Waals surface area contributed by atoms with Crippen molar-refractivity contribution in [3.05, 3.63) is 80.4 Å². The molecule has 3 rings (SSSR count). The van der Waals surface area contributed by atoms with E-state index >= 15 is 0 Å². The van der Waals surface area contributed by atoms with Crippen LogP contribution < -0.4 is 5.63 Å². The summed E-state index contributed by atoms with van der Waals surface area (Å²) in [7, 11) is 0. The third-order valence-electron chi connectivity index (χ3n) is 3.81. The summed E-state index contributed by atoms with van der Waals surface area (Å²) >= 11 is 5.85. The van der Waals surface area contributed by atoms with Gasteiger partial charge < -0.3 is 9.15 Å². The summed E-state index contributed by atoms with van der Waals surface area (Å²) < 4.78 is 23.5.